The smallest absolute Gasteiger partial charge is 0.267 e. The molecule has 0 saturated heterocycles. The Hall–Kier alpha value is -3.80. The van der Waals surface area contributed by atoms with Gasteiger partial charge in [0.15, 0.2) is 11.5 Å². The molecule has 0 bridgehead atoms. The van der Waals surface area contributed by atoms with Crippen LogP contribution in [-0.2, 0) is 6.42 Å². The summed E-state index contributed by atoms with van der Waals surface area (Å²) in [5.74, 6) is 1.04. The van der Waals surface area contributed by atoms with Crippen molar-refractivity contribution in [1.29, 1.82) is 0 Å². The number of hydrogen-bond donors (Lipinski definition) is 1. The van der Waals surface area contributed by atoms with Crippen LogP contribution in [0, 0.1) is 0 Å². The van der Waals surface area contributed by atoms with Gasteiger partial charge in [-0.3, -0.25) is 14.2 Å². The molecular weight excluding hydrogens is 368 g/mol. The van der Waals surface area contributed by atoms with Crippen LogP contribution in [0.25, 0.3) is 38.1 Å². The van der Waals surface area contributed by atoms with Crippen molar-refractivity contribution in [2.45, 2.75) is 6.42 Å². The van der Waals surface area contributed by atoms with Gasteiger partial charge < -0.3 is 14.6 Å². The summed E-state index contributed by atoms with van der Waals surface area (Å²) >= 11 is 0. The normalized spacial score (nSPS) is 11.7. The van der Waals surface area contributed by atoms with Gasteiger partial charge in [-0.1, -0.05) is 6.08 Å². The Morgan fingerprint density at radius 3 is 2.66 bits per heavy atom. The zero-order valence-electron chi connectivity index (χ0n) is 16.0. The van der Waals surface area contributed by atoms with Gasteiger partial charge in [0.1, 0.15) is 5.75 Å². The van der Waals surface area contributed by atoms with Crippen LogP contribution in [0.5, 0.6) is 17.2 Å². The number of phenolic OH excluding ortho intramolecular Hbond substituents is 1. The van der Waals surface area contributed by atoms with Crippen LogP contribution in [0.4, 0.5) is 0 Å². The van der Waals surface area contributed by atoms with E-state index in [9.17, 15) is 9.90 Å². The Kier molecular flexibility index (Phi) is 3.64. The number of phenols is 1. The first-order valence-corrected chi connectivity index (χ1v) is 9.17. The maximum atomic E-state index is 13.7. The minimum Gasteiger partial charge on any atom is -0.508 e. The monoisotopic (exact) mass is 386 g/mol. The summed E-state index contributed by atoms with van der Waals surface area (Å²) in [6.45, 7) is 3.80. The molecule has 0 aliphatic heterocycles. The Morgan fingerprint density at radius 2 is 1.93 bits per heavy atom. The van der Waals surface area contributed by atoms with Crippen LogP contribution in [0.1, 0.15) is 5.56 Å². The van der Waals surface area contributed by atoms with Gasteiger partial charge in [0.05, 0.1) is 36.2 Å². The molecule has 0 atom stereocenters. The lowest BCUT2D eigenvalue weighted by molar-refractivity contribution is 0.358. The predicted molar refractivity (Wildman–Crippen MR) is 114 cm³/mol. The maximum Gasteiger partial charge on any atom is 0.267 e. The van der Waals surface area contributed by atoms with E-state index >= 15 is 0 Å². The Balaban J connectivity index is 2.15. The molecule has 1 N–H and O–H groups in total. The summed E-state index contributed by atoms with van der Waals surface area (Å²) in [5, 5.41) is 13.3. The quantitative estimate of drug-likeness (QED) is 0.373. The number of fused-ring (bicyclic) bond motifs is 5. The molecule has 0 aliphatic rings. The first-order chi connectivity index (χ1) is 14.1. The summed E-state index contributed by atoms with van der Waals surface area (Å²) in [7, 11) is 3.06. The molecule has 0 spiro atoms. The molecule has 5 rings (SSSR count). The van der Waals surface area contributed by atoms with Crippen molar-refractivity contribution < 1.29 is 14.6 Å². The first-order valence-electron chi connectivity index (χ1n) is 9.17. The van der Waals surface area contributed by atoms with Crippen LogP contribution in [0.2, 0.25) is 0 Å². The minimum atomic E-state index is -0.216. The highest BCUT2D eigenvalue weighted by atomic mass is 16.5. The molecule has 3 heterocycles. The van der Waals surface area contributed by atoms with E-state index in [4.69, 9.17) is 9.47 Å². The minimum absolute atomic E-state index is 0.179. The summed E-state index contributed by atoms with van der Waals surface area (Å²) < 4.78 is 12.6. The van der Waals surface area contributed by atoms with E-state index in [-0.39, 0.29) is 11.3 Å². The number of aromatic hydroxyl groups is 1. The van der Waals surface area contributed by atoms with Crippen molar-refractivity contribution in [2.75, 3.05) is 14.2 Å². The second kappa shape index (κ2) is 6.10. The lowest BCUT2D eigenvalue weighted by Gasteiger charge is -2.12. The van der Waals surface area contributed by atoms with Gasteiger partial charge in [-0.25, -0.2) is 0 Å². The standard InChI is InChI=1S/C23H18N2O4/c1-4-5-12-16(26)8-7-15-18(12)14-10-11-24-20-13-6-9-17(28-2)22(29-3)19(13)23(27)25(15)21(14)20/h4,6-11,26H,1,5H2,2-3H3. The summed E-state index contributed by atoms with van der Waals surface area (Å²) in [4.78, 5) is 18.3. The van der Waals surface area contributed by atoms with Crippen LogP contribution in [-0.4, -0.2) is 28.7 Å². The molecule has 6 heteroatoms. The fraction of sp³-hybridized carbons (Fsp3) is 0.130. The van der Waals surface area contributed by atoms with Gasteiger partial charge in [0, 0.05) is 27.9 Å². The third-order valence-corrected chi connectivity index (χ3v) is 5.49. The second-order valence-corrected chi connectivity index (χ2v) is 6.87. The number of rotatable bonds is 4. The van der Waals surface area contributed by atoms with Gasteiger partial charge in [-0.15, -0.1) is 6.58 Å². The molecule has 2 aromatic carbocycles. The molecule has 0 radical (unpaired) electrons. The summed E-state index contributed by atoms with van der Waals surface area (Å²) in [6, 6.07) is 8.86. The van der Waals surface area contributed by atoms with E-state index in [0.29, 0.717) is 39.7 Å². The van der Waals surface area contributed by atoms with Gasteiger partial charge in [-0.2, -0.15) is 0 Å². The van der Waals surface area contributed by atoms with Crippen molar-refractivity contribution in [1.82, 2.24) is 9.38 Å². The SMILES string of the molecule is C=CCc1c(O)ccc2c1c1ccnc3c4ccc(OC)c(OC)c4c(=O)n2c13. The first kappa shape index (κ1) is 17.3. The molecule has 6 nitrogen and oxygen atoms in total. The van der Waals surface area contributed by atoms with Gasteiger partial charge >= 0.3 is 0 Å². The molecule has 0 saturated carbocycles. The lowest BCUT2D eigenvalue weighted by Crippen LogP contribution is -2.14. The summed E-state index contributed by atoms with van der Waals surface area (Å²) in [5.41, 5.74) is 2.65. The van der Waals surface area contributed by atoms with E-state index in [1.165, 1.54) is 14.2 Å². The lowest BCUT2D eigenvalue weighted by atomic mass is 10.0. The molecule has 0 fully saturated rings. The van der Waals surface area contributed by atoms with Gasteiger partial charge in [0.25, 0.3) is 5.56 Å². The average molecular weight is 386 g/mol. The van der Waals surface area contributed by atoms with Crippen molar-refractivity contribution in [3.8, 4) is 17.2 Å². The number of methoxy groups -OCH3 is 2. The maximum absolute atomic E-state index is 13.7. The van der Waals surface area contributed by atoms with E-state index < -0.39 is 0 Å². The zero-order valence-corrected chi connectivity index (χ0v) is 16.0. The number of aromatic nitrogens is 2. The molecule has 0 aliphatic carbocycles. The van der Waals surface area contributed by atoms with E-state index in [1.807, 2.05) is 12.1 Å². The van der Waals surface area contributed by atoms with E-state index in [1.54, 1.807) is 34.9 Å². The summed E-state index contributed by atoms with van der Waals surface area (Å²) in [6.07, 6.45) is 3.95. The van der Waals surface area contributed by atoms with Crippen molar-refractivity contribution in [3.05, 3.63) is 65.1 Å². The van der Waals surface area contributed by atoms with Crippen LogP contribution in [0.3, 0.4) is 0 Å². The second-order valence-electron chi connectivity index (χ2n) is 6.87. The van der Waals surface area contributed by atoms with Crippen molar-refractivity contribution >= 4 is 38.1 Å². The number of ether oxygens (including phenoxy) is 2. The molecular formula is C23H18N2O4. The Morgan fingerprint density at radius 1 is 1.10 bits per heavy atom. The molecule has 5 aromatic rings. The Bertz CT molecular complexity index is 1500. The van der Waals surface area contributed by atoms with Crippen molar-refractivity contribution in [2.24, 2.45) is 0 Å². The van der Waals surface area contributed by atoms with Gasteiger partial charge in [-0.05, 0) is 36.8 Å². The fourth-order valence-electron chi connectivity index (χ4n) is 4.32. The fourth-order valence-corrected chi connectivity index (χ4v) is 4.32. The topological polar surface area (TPSA) is 73.1 Å². The number of allylic oxidation sites excluding steroid dienone is 1. The van der Waals surface area contributed by atoms with Crippen LogP contribution >= 0.6 is 0 Å². The highest BCUT2D eigenvalue weighted by molar-refractivity contribution is 6.20. The van der Waals surface area contributed by atoms with E-state index in [0.717, 1.165) is 21.9 Å². The highest BCUT2D eigenvalue weighted by Crippen LogP contribution is 2.41. The molecule has 29 heavy (non-hydrogen) atoms. The molecule has 144 valence electrons. The molecule has 0 unspecified atom stereocenters. The predicted octanol–water partition coefficient (Wildman–Crippen LogP) is 4.04. The average Bonchev–Trinajstić information content (AvgIpc) is 3.08. The number of benzene rings is 2. The van der Waals surface area contributed by atoms with E-state index in [2.05, 4.69) is 11.6 Å². The van der Waals surface area contributed by atoms with Crippen molar-refractivity contribution in [3.63, 3.8) is 0 Å². The number of hydrogen-bond acceptors (Lipinski definition) is 5. The Labute approximate surface area is 165 Å². The molecule has 0 amide bonds. The largest absolute Gasteiger partial charge is 0.508 e. The third-order valence-electron chi connectivity index (χ3n) is 5.49. The third kappa shape index (κ3) is 2.11. The number of pyridine rings is 2. The van der Waals surface area contributed by atoms with Crippen LogP contribution in [0.15, 0.2) is 54.0 Å². The number of nitrogens with zero attached hydrogens (tertiary/aromatic N) is 2. The zero-order chi connectivity index (χ0) is 20.3. The van der Waals surface area contributed by atoms with Gasteiger partial charge in [0.2, 0.25) is 0 Å². The van der Waals surface area contributed by atoms with Crippen LogP contribution < -0.4 is 15.0 Å². The molecule has 3 aromatic heterocycles. The highest BCUT2D eigenvalue weighted by Gasteiger charge is 2.23.